The molecule has 0 spiro atoms. The highest BCUT2D eigenvalue weighted by atomic mass is 14.5. The number of rotatable bonds is 0. The fraction of sp³-hybridized carbons (Fsp3) is 1.00. The van der Waals surface area contributed by atoms with Crippen LogP contribution >= 0.6 is 0 Å². The summed E-state index contributed by atoms with van der Waals surface area (Å²) in [4.78, 5) is 0. The van der Waals surface area contributed by atoms with E-state index in [1.165, 1.54) is 25.7 Å². The van der Waals surface area contributed by atoms with Crippen molar-refractivity contribution in [2.75, 3.05) is 0 Å². The maximum Gasteiger partial charge on any atom is -0.0334 e. The summed E-state index contributed by atoms with van der Waals surface area (Å²) in [6.45, 7) is 9.91. The molecule has 0 aromatic carbocycles. The van der Waals surface area contributed by atoms with Crippen molar-refractivity contribution in [3.05, 3.63) is 0 Å². The molecule has 4 atom stereocenters. The largest absolute Gasteiger partial charge is 0.0625 e. The van der Waals surface area contributed by atoms with E-state index in [-0.39, 0.29) is 0 Å². The van der Waals surface area contributed by atoms with Crippen LogP contribution in [0.1, 0.15) is 53.4 Å². The molecule has 0 bridgehead atoms. The first-order valence-electron chi connectivity index (χ1n) is 6.58. The SMILES string of the molecule is CC1CC(C)C2C(C)CC(C)CC2C1. The molecule has 0 nitrogen and oxygen atoms in total. The van der Waals surface area contributed by atoms with Crippen LogP contribution in [0.25, 0.3) is 0 Å². The predicted molar refractivity (Wildman–Crippen MR) is 62.1 cm³/mol. The van der Waals surface area contributed by atoms with Gasteiger partial charge in [-0.3, -0.25) is 0 Å². The van der Waals surface area contributed by atoms with E-state index in [0.717, 1.165) is 35.5 Å². The van der Waals surface area contributed by atoms with Crippen molar-refractivity contribution in [3.63, 3.8) is 0 Å². The van der Waals surface area contributed by atoms with Gasteiger partial charge in [-0.1, -0.05) is 27.7 Å². The first-order chi connectivity index (χ1) is 6.58. The number of fused-ring (bicyclic) bond motifs is 1. The average Bonchev–Trinajstić information content (AvgIpc) is 1.99. The minimum atomic E-state index is 0.990. The molecule has 2 rings (SSSR count). The van der Waals surface area contributed by atoms with Crippen LogP contribution in [0.4, 0.5) is 0 Å². The Kier molecular flexibility index (Phi) is 2.91. The highest BCUT2D eigenvalue weighted by Crippen LogP contribution is 2.49. The molecular formula is C14H26. The van der Waals surface area contributed by atoms with Crippen molar-refractivity contribution in [3.8, 4) is 0 Å². The van der Waals surface area contributed by atoms with Gasteiger partial charge in [-0.2, -0.15) is 0 Å². The molecule has 2 aliphatic rings. The van der Waals surface area contributed by atoms with Crippen LogP contribution in [-0.2, 0) is 0 Å². The Morgan fingerprint density at radius 3 is 1.50 bits per heavy atom. The van der Waals surface area contributed by atoms with Crippen LogP contribution < -0.4 is 0 Å². The van der Waals surface area contributed by atoms with Gasteiger partial charge in [0.1, 0.15) is 0 Å². The topological polar surface area (TPSA) is 0 Å². The Hall–Kier alpha value is 0. The zero-order chi connectivity index (χ0) is 10.3. The van der Waals surface area contributed by atoms with Gasteiger partial charge in [0.05, 0.1) is 0 Å². The molecule has 0 amide bonds. The summed E-state index contributed by atoms with van der Waals surface area (Å²) in [7, 11) is 0. The average molecular weight is 194 g/mol. The maximum absolute atomic E-state index is 2.50. The molecule has 0 radical (unpaired) electrons. The van der Waals surface area contributed by atoms with Gasteiger partial charge in [0.15, 0.2) is 0 Å². The molecule has 2 fully saturated rings. The summed E-state index contributed by atoms with van der Waals surface area (Å²) in [5.74, 6) is 6.08. The number of hydrogen-bond acceptors (Lipinski definition) is 0. The minimum absolute atomic E-state index is 0.990. The molecule has 4 unspecified atom stereocenters. The monoisotopic (exact) mass is 194 g/mol. The van der Waals surface area contributed by atoms with Crippen LogP contribution in [0.3, 0.4) is 0 Å². The Labute approximate surface area is 89.5 Å². The van der Waals surface area contributed by atoms with Gasteiger partial charge in [-0.05, 0) is 61.2 Å². The van der Waals surface area contributed by atoms with E-state index in [4.69, 9.17) is 0 Å². The molecule has 0 heterocycles. The highest BCUT2D eigenvalue weighted by molar-refractivity contribution is 4.90. The third-order valence-electron chi connectivity index (χ3n) is 4.82. The van der Waals surface area contributed by atoms with Gasteiger partial charge in [0.2, 0.25) is 0 Å². The molecule has 0 aromatic heterocycles. The Morgan fingerprint density at radius 2 is 1.07 bits per heavy atom. The molecule has 0 N–H and O–H groups in total. The van der Waals surface area contributed by atoms with E-state index in [1.54, 1.807) is 0 Å². The summed E-state index contributed by atoms with van der Waals surface area (Å²) in [6, 6.07) is 0. The van der Waals surface area contributed by atoms with E-state index < -0.39 is 0 Å². The lowest BCUT2D eigenvalue weighted by Gasteiger charge is -2.48. The Morgan fingerprint density at radius 1 is 0.643 bits per heavy atom. The molecule has 0 saturated heterocycles. The van der Waals surface area contributed by atoms with Gasteiger partial charge in [-0.25, -0.2) is 0 Å². The molecule has 0 aromatic rings. The van der Waals surface area contributed by atoms with Crippen LogP contribution in [0, 0.1) is 35.5 Å². The molecule has 82 valence electrons. The lowest BCUT2D eigenvalue weighted by Crippen LogP contribution is -2.39. The van der Waals surface area contributed by atoms with E-state index in [9.17, 15) is 0 Å². The zero-order valence-corrected chi connectivity index (χ0v) is 10.3. The quantitative estimate of drug-likeness (QED) is 0.538. The molecule has 14 heavy (non-hydrogen) atoms. The fourth-order valence-electron chi connectivity index (χ4n) is 4.71. The summed E-state index contributed by atoms with van der Waals surface area (Å²) < 4.78 is 0. The van der Waals surface area contributed by atoms with E-state index >= 15 is 0 Å². The van der Waals surface area contributed by atoms with Gasteiger partial charge in [-0.15, -0.1) is 0 Å². The summed E-state index contributed by atoms with van der Waals surface area (Å²) >= 11 is 0. The summed E-state index contributed by atoms with van der Waals surface area (Å²) in [5, 5.41) is 0. The molecule has 0 aliphatic heterocycles. The standard InChI is InChI=1S/C14H26/c1-9-5-11(3)14-12(4)6-10(2)8-13(14)7-9/h9-14H,5-8H2,1-4H3. The normalized spacial score (nSPS) is 54.0. The summed E-state index contributed by atoms with van der Waals surface area (Å²) in [6.07, 6.45) is 6.01. The second-order valence-corrected chi connectivity index (χ2v) is 6.45. The van der Waals surface area contributed by atoms with Crippen molar-refractivity contribution in [2.45, 2.75) is 53.4 Å². The molecule has 0 heteroatoms. The zero-order valence-electron chi connectivity index (χ0n) is 10.3. The fourth-order valence-corrected chi connectivity index (χ4v) is 4.71. The molecule has 2 saturated carbocycles. The van der Waals surface area contributed by atoms with Gasteiger partial charge in [0.25, 0.3) is 0 Å². The lowest BCUT2D eigenvalue weighted by atomic mass is 9.58. The third kappa shape index (κ3) is 1.85. The molecule has 2 aliphatic carbocycles. The van der Waals surface area contributed by atoms with Crippen molar-refractivity contribution < 1.29 is 0 Å². The Balaban J connectivity index is 2.10. The summed E-state index contributed by atoms with van der Waals surface area (Å²) in [5.41, 5.74) is 0. The highest BCUT2D eigenvalue weighted by Gasteiger charge is 2.40. The van der Waals surface area contributed by atoms with Gasteiger partial charge in [0, 0.05) is 0 Å². The predicted octanol–water partition coefficient (Wildman–Crippen LogP) is 4.35. The van der Waals surface area contributed by atoms with Crippen LogP contribution in [0.5, 0.6) is 0 Å². The van der Waals surface area contributed by atoms with Crippen LogP contribution in [0.15, 0.2) is 0 Å². The van der Waals surface area contributed by atoms with Crippen molar-refractivity contribution in [2.24, 2.45) is 35.5 Å². The third-order valence-corrected chi connectivity index (χ3v) is 4.82. The maximum atomic E-state index is 2.50. The Bertz CT molecular complexity index is 176. The van der Waals surface area contributed by atoms with E-state index in [0.29, 0.717) is 0 Å². The minimum Gasteiger partial charge on any atom is -0.0625 e. The first-order valence-corrected chi connectivity index (χ1v) is 6.58. The van der Waals surface area contributed by atoms with E-state index in [2.05, 4.69) is 27.7 Å². The van der Waals surface area contributed by atoms with E-state index in [1.807, 2.05) is 0 Å². The van der Waals surface area contributed by atoms with Crippen molar-refractivity contribution in [1.82, 2.24) is 0 Å². The lowest BCUT2D eigenvalue weighted by molar-refractivity contribution is 0.0196. The van der Waals surface area contributed by atoms with Crippen LogP contribution in [0.2, 0.25) is 0 Å². The smallest absolute Gasteiger partial charge is 0.0334 e. The van der Waals surface area contributed by atoms with Crippen molar-refractivity contribution in [1.29, 1.82) is 0 Å². The second kappa shape index (κ2) is 3.87. The second-order valence-electron chi connectivity index (χ2n) is 6.45. The van der Waals surface area contributed by atoms with Crippen molar-refractivity contribution >= 4 is 0 Å². The first kappa shape index (κ1) is 10.5. The van der Waals surface area contributed by atoms with Gasteiger partial charge < -0.3 is 0 Å². The number of hydrogen-bond donors (Lipinski definition) is 0. The van der Waals surface area contributed by atoms with Crippen LogP contribution in [-0.4, -0.2) is 0 Å². The van der Waals surface area contributed by atoms with Gasteiger partial charge >= 0.3 is 0 Å². The molecular weight excluding hydrogens is 168 g/mol.